The monoisotopic (exact) mass is 531 g/mol. The predicted octanol–water partition coefficient (Wildman–Crippen LogP) is 6.15. The Morgan fingerprint density at radius 3 is 1.84 bits per heavy atom. The van der Waals surface area contributed by atoms with Crippen LogP contribution < -0.4 is 10.2 Å². The molecule has 0 aliphatic carbocycles. The number of nitrogens with zero attached hydrogens (tertiary/aromatic N) is 2. The van der Waals surface area contributed by atoms with Gasteiger partial charge in [0.2, 0.25) is 11.8 Å². The second kappa shape index (κ2) is 11.5. The number of alkyl halides is 6. The maximum atomic E-state index is 13.4. The molecular weight excluding hydrogens is 500 g/mol. The average molecular weight is 532 g/mol. The van der Waals surface area contributed by atoms with Crippen molar-refractivity contribution in [2.75, 3.05) is 37.4 Å². The van der Waals surface area contributed by atoms with Gasteiger partial charge >= 0.3 is 12.4 Å². The number of amides is 2. The Labute approximate surface area is 212 Å². The Kier molecular flexibility index (Phi) is 9.40. The highest BCUT2D eigenvalue weighted by Crippen LogP contribution is 2.38. The zero-order chi connectivity index (χ0) is 28.3. The van der Waals surface area contributed by atoms with Gasteiger partial charge in [-0.3, -0.25) is 9.59 Å². The van der Waals surface area contributed by atoms with Crippen LogP contribution >= 0.6 is 0 Å². The fourth-order valence-corrected chi connectivity index (χ4v) is 4.12. The van der Waals surface area contributed by atoms with Crippen LogP contribution in [0, 0.1) is 25.7 Å². The van der Waals surface area contributed by atoms with Gasteiger partial charge in [0, 0.05) is 30.9 Å². The summed E-state index contributed by atoms with van der Waals surface area (Å²) in [6.07, 6.45) is -10.1. The first-order valence-electron chi connectivity index (χ1n) is 11.6. The van der Waals surface area contributed by atoms with Gasteiger partial charge in [-0.05, 0) is 56.8 Å². The number of carbonyl (C=O) groups is 2. The molecule has 0 saturated heterocycles. The Balaban J connectivity index is 2.44. The second-order valence-electron chi connectivity index (χ2n) is 9.17. The number of rotatable bonds is 8. The molecule has 0 spiro atoms. The molecule has 204 valence electrons. The van der Waals surface area contributed by atoms with Gasteiger partial charge in [-0.1, -0.05) is 32.0 Å². The summed E-state index contributed by atoms with van der Waals surface area (Å²) < 4.78 is 79.6. The van der Waals surface area contributed by atoms with E-state index in [0.717, 1.165) is 11.1 Å². The maximum Gasteiger partial charge on any atom is 0.416 e. The second-order valence-corrected chi connectivity index (χ2v) is 9.17. The minimum Gasteiger partial charge on any atom is -0.326 e. The summed E-state index contributed by atoms with van der Waals surface area (Å²) in [6, 6.07) is 6.39. The molecule has 2 aromatic rings. The Bertz CT molecular complexity index is 1080. The van der Waals surface area contributed by atoms with Gasteiger partial charge < -0.3 is 15.1 Å². The molecule has 0 fully saturated rings. The van der Waals surface area contributed by atoms with Crippen LogP contribution in [0.4, 0.5) is 37.7 Å². The number of anilines is 2. The lowest BCUT2D eigenvalue weighted by molar-refractivity contribution is -0.143. The molecule has 0 aromatic heterocycles. The molecule has 2 aromatic carbocycles. The summed E-state index contributed by atoms with van der Waals surface area (Å²) >= 11 is 0. The fourth-order valence-electron chi connectivity index (χ4n) is 4.12. The number of aryl methyl sites for hydroxylation is 2. The van der Waals surface area contributed by atoms with Gasteiger partial charge in [0.25, 0.3) is 0 Å². The first kappa shape index (κ1) is 30.1. The zero-order valence-corrected chi connectivity index (χ0v) is 21.5. The van der Waals surface area contributed by atoms with Gasteiger partial charge in [0.15, 0.2) is 0 Å². The Morgan fingerprint density at radius 1 is 0.919 bits per heavy atom. The van der Waals surface area contributed by atoms with E-state index in [1.54, 1.807) is 19.0 Å². The summed E-state index contributed by atoms with van der Waals surface area (Å²) in [5, 5.41) is 2.20. The standard InChI is InChI=1S/C26H31F6N3O2/c1-7-34(5)14-21(17(4)24(37)35(6)22-15(2)9-8-10-16(22)3)23(36)33-20-12-18(25(27,28)29)11-19(13-20)26(30,31)32/h8-13,17,21H,7,14H2,1-6H3,(H,33,36). The lowest BCUT2D eigenvalue weighted by atomic mass is 9.90. The molecule has 37 heavy (non-hydrogen) atoms. The summed E-state index contributed by atoms with van der Waals surface area (Å²) in [5.41, 5.74) is -1.41. The number of para-hydroxylation sites is 1. The lowest BCUT2D eigenvalue weighted by Gasteiger charge is -2.31. The molecule has 0 bridgehead atoms. The third-order valence-corrected chi connectivity index (χ3v) is 6.34. The van der Waals surface area contributed by atoms with Crippen LogP contribution in [0.25, 0.3) is 0 Å². The van der Waals surface area contributed by atoms with Crippen molar-refractivity contribution in [2.45, 2.75) is 40.0 Å². The molecule has 0 aliphatic heterocycles. The molecular formula is C26H31F6N3O2. The van der Waals surface area contributed by atoms with Gasteiger partial charge in [-0.25, -0.2) is 0 Å². The molecule has 2 atom stereocenters. The lowest BCUT2D eigenvalue weighted by Crippen LogP contribution is -2.44. The highest BCUT2D eigenvalue weighted by molar-refractivity contribution is 6.01. The van der Waals surface area contributed by atoms with E-state index in [1.807, 2.05) is 39.0 Å². The Hall–Kier alpha value is -3.08. The number of carbonyl (C=O) groups excluding carboxylic acids is 2. The molecule has 0 radical (unpaired) electrons. The fraction of sp³-hybridized carbons (Fsp3) is 0.462. The van der Waals surface area contributed by atoms with Crippen molar-refractivity contribution in [3.63, 3.8) is 0 Å². The normalized spacial score (nSPS) is 13.9. The maximum absolute atomic E-state index is 13.4. The number of benzene rings is 2. The van der Waals surface area contributed by atoms with E-state index < -0.39 is 52.8 Å². The first-order chi connectivity index (χ1) is 17.0. The van der Waals surface area contributed by atoms with Crippen molar-refractivity contribution in [3.8, 4) is 0 Å². The van der Waals surface area contributed by atoms with Gasteiger partial charge in [0.1, 0.15) is 0 Å². The van der Waals surface area contributed by atoms with Crippen molar-refractivity contribution in [2.24, 2.45) is 11.8 Å². The molecule has 1 N–H and O–H groups in total. The van der Waals surface area contributed by atoms with Crippen molar-refractivity contribution >= 4 is 23.2 Å². The van der Waals surface area contributed by atoms with E-state index in [9.17, 15) is 35.9 Å². The van der Waals surface area contributed by atoms with Crippen molar-refractivity contribution in [1.29, 1.82) is 0 Å². The average Bonchev–Trinajstić information content (AvgIpc) is 2.79. The molecule has 2 rings (SSSR count). The van der Waals surface area contributed by atoms with Gasteiger partial charge in [0.05, 0.1) is 17.0 Å². The minimum absolute atomic E-state index is 0.0103. The zero-order valence-electron chi connectivity index (χ0n) is 21.5. The number of halogens is 6. The van der Waals surface area contributed by atoms with Crippen LogP contribution in [-0.4, -0.2) is 43.9 Å². The van der Waals surface area contributed by atoms with E-state index in [1.165, 1.54) is 11.8 Å². The van der Waals surface area contributed by atoms with Crippen molar-refractivity contribution in [3.05, 3.63) is 58.7 Å². The number of hydrogen-bond acceptors (Lipinski definition) is 3. The summed E-state index contributed by atoms with van der Waals surface area (Å²) in [4.78, 5) is 29.8. The van der Waals surface area contributed by atoms with E-state index >= 15 is 0 Å². The third kappa shape index (κ3) is 7.47. The van der Waals surface area contributed by atoms with Crippen molar-refractivity contribution < 1.29 is 35.9 Å². The predicted molar refractivity (Wildman–Crippen MR) is 130 cm³/mol. The SMILES string of the molecule is CCN(C)CC(C(=O)Nc1cc(C(F)(F)F)cc(C(F)(F)F)c1)C(C)C(=O)N(C)c1c(C)cccc1C. The molecule has 11 heteroatoms. The van der Waals surface area contributed by atoms with E-state index in [2.05, 4.69) is 5.32 Å². The quantitative estimate of drug-likeness (QED) is 0.416. The third-order valence-electron chi connectivity index (χ3n) is 6.34. The molecule has 0 saturated carbocycles. The smallest absolute Gasteiger partial charge is 0.326 e. The van der Waals surface area contributed by atoms with Crippen LogP contribution in [0.2, 0.25) is 0 Å². The summed E-state index contributed by atoms with van der Waals surface area (Å²) in [5.74, 6) is -3.27. The number of nitrogens with one attached hydrogen (secondary N) is 1. The van der Waals surface area contributed by atoms with Crippen molar-refractivity contribution in [1.82, 2.24) is 4.90 Å². The topological polar surface area (TPSA) is 52.7 Å². The highest BCUT2D eigenvalue weighted by atomic mass is 19.4. The molecule has 5 nitrogen and oxygen atoms in total. The Morgan fingerprint density at radius 2 is 1.41 bits per heavy atom. The van der Waals surface area contributed by atoms with E-state index in [0.29, 0.717) is 24.4 Å². The van der Waals surface area contributed by atoms with E-state index in [-0.39, 0.29) is 12.6 Å². The van der Waals surface area contributed by atoms with Crippen LogP contribution in [-0.2, 0) is 21.9 Å². The number of hydrogen-bond donors (Lipinski definition) is 1. The molecule has 0 heterocycles. The van der Waals surface area contributed by atoms with Crippen LogP contribution in [0.5, 0.6) is 0 Å². The summed E-state index contributed by atoms with van der Waals surface area (Å²) in [7, 11) is 3.26. The van der Waals surface area contributed by atoms with Crippen LogP contribution in [0.1, 0.15) is 36.1 Å². The van der Waals surface area contributed by atoms with Gasteiger partial charge in [-0.15, -0.1) is 0 Å². The summed E-state index contributed by atoms with van der Waals surface area (Å²) in [6.45, 7) is 7.55. The molecule has 2 amide bonds. The first-order valence-corrected chi connectivity index (χ1v) is 11.6. The molecule has 0 aliphatic rings. The molecule has 2 unspecified atom stereocenters. The van der Waals surface area contributed by atoms with E-state index in [4.69, 9.17) is 0 Å². The van der Waals surface area contributed by atoms with Gasteiger partial charge in [-0.2, -0.15) is 26.3 Å². The minimum atomic E-state index is -5.06. The highest BCUT2D eigenvalue weighted by Gasteiger charge is 2.38. The van der Waals surface area contributed by atoms with Crippen LogP contribution in [0.15, 0.2) is 36.4 Å². The largest absolute Gasteiger partial charge is 0.416 e. The van der Waals surface area contributed by atoms with Crippen LogP contribution in [0.3, 0.4) is 0 Å².